The van der Waals surface area contributed by atoms with Crippen LogP contribution in [-0.2, 0) is 17.8 Å². The van der Waals surface area contributed by atoms with Crippen LogP contribution in [0.3, 0.4) is 0 Å². The van der Waals surface area contributed by atoms with E-state index in [0.717, 1.165) is 12.8 Å². The quantitative estimate of drug-likeness (QED) is 0.309. The molecule has 7 rings (SSSR count). The number of aryl methyl sites for hydroxylation is 1. The van der Waals surface area contributed by atoms with E-state index in [0.29, 0.717) is 42.5 Å². The highest BCUT2D eigenvalue weighted by Gasteiger charge is 2.45. The van der Waals surface area contributed by atoms with Gasteiger partial charge in [-0.3, -0.25) is 14.3 Å². The molecule has 260 valence electrons. The van der Waals surface area contributed by atoms with E-state index < -0.39 is 48.3 Å². The highest BCUT2D eigenvalue weighted by molar-refractivity contribution is 5.92. The Morgan fingerprint density at radius 1 is 1.12 bits per heavy atom. The average molecular weight is 679 g/mol. The van der Waals surface area contributed by atoms with Crippen molar-refractivity contribution in [3.63, 3.8) is 0 Å². The first-order valence-corrected chi connectivity index (χ1v) is 16.7. The number of aromatic nitrogens is 6. The molecule has 3 saturated heterocycles. The number of amides is 2. The number of piperazine rings is 1. The van der Waals surface area contributed by atoms with E-state index in [-0.39, 0.29) is 62.3 Å². The Balaban J connectivity index is 1.25. The molecule has 4 fully saturated rings. The molecule has 12 nitrogen and oxygen atoms in total. The minimum atomic E-state index is -4.45. The van der Waals surface area contributed by atoms with Crippen LogP contribution in [0.25, 0.3) is 5.78 Å². The van der Waals surface area contributed by atoms with Crippen LogP contribution in [-0.4, -0.2) is 85.0 Å². The van der Waals surface area contributed by atoms with Crippen molar-refractivity contribution in [3.05, 3.63) is 35.5 Å². The number of anilines is 1. The van der Waals surface area contributed by atoms with Crippen LogP contribution < -0.4 is 20.9 Å². The van der Waals surface area contributed by atoms with Gasteiger partial charge >= 0.3 is 6.18 Å². The van der Waals surface area contributed by atoms with Crippen molar-refractivity contribution < 1.29 is 31.5 Å². The van der Waals surface area contributed by atoms with E-state index in [4.69, 9.17) is 15.1 Å². The van der Waals surface area contributed by atoms with Crippen LogP contribution >= 0.6 is 0 Å². The summed E-state index contributed by atoms with van der Waals surface area (Å²) in [6, 6.07) is 1.29. The van der Waals surface area contributed by atoms with Gasteiger partial charge in [0, 0.05) is 69.6 Å². The number of carbonyl (C=O) groups excluding carboxylic acids is 2. The number of alkyl halides is 5. The molecule has 3 aromatic heterocycles. The van der Waals surface area contributed by atoms with Crippen molar-refractivity contribution in [3.8, 4) is 0 Å². The molecule has 2 amide bonds. The molecule has 6 heterocycles. The number of nitrogens with one attached hydrogen (secondary N) is 3. The number of hydrogen-bond donors (Lipinski definition) is 3. The Hall–Kier alpha value is -3.89. The predicted octanol–water partition coefficient (Wildman–Crippen LogP) is 3.44. The molecule has 3 N–H and O–H groups in total. The van der Waals surface area contributed by atoms with E-state index in [2.05, 4.69) is 25.9 Å². The number of rotatable bonds is 8. The summed E-state index contributed by atoms with van der Waals surface area (Å²) in [5.41, 5.74) is 1.09. The number of halogens is 5. The molecule has 1 saturated carbocycles. The Labute approximate surface area is 273 Å². The fraction of sp³-hybridized carbons (Fsp3) is 0.677. The topological polar surface area (TPSA) is 134 Å². The second-order valence-corrected chi connectivity index (χ2v) is 13.6. The summed E-state index contributed by atoms with van der Waals surface area (Å²) in [6.45, 7) is 3.08. The van der Waals surface area contributed by atoms with Crippen molar-refractivity contribution in [2.45, 2.75) is 95.1 Å². The van der Waals surface area contributed by atoms with Crippen LogP contribution in [0.1, 0.15) is 79.8 Å². The smallest absolute Gasteiger partial charge is 0.355 e. The van der Waals surface area contributed by atoms with Crippen molar-refractivity contribution in [2.24, 2.45) is 17.8 Å². The molecule has 3 aromatic rings. The SMILES string of the molecule is CCn1nccc1C(=O)N[C@H](c1cn2nc(C[C@H]3C[C@@H](C(F)(F)F)CNC3=O)c(N3CC4CCC(C3)N4)nc2n1)C1CCC(F)(F)CC1. The first kappa shape index (κ1) is 32.6. The number of carbonyl (C=O) groups is 2. The Kier molecular flexibility index (Phi) is 8.52. The molecule has 0 aromatic carbocycles. The molecule has 2 unspecified atom stereocenters. The molecular weight excluding hydrogens is 639 g/mol. The van der Waals surface area contributed by atoms with Crippen LogP contribution in [0, 0.1) is 17.8 Å². The van der Waals surface area contributed by atoms with E-state index in [1.165, 1.54) is 15.4 Å². The van der Waals surface area contributed by atoms with Crippen LogP contribution in [0.5, 0.6) is 0 Å². The van der Waals surface area contributed by atoms with Gasteiger partial charge in [-0.05, 0) is 51.0 Å². The second kappa shape index (κ2) is 12.5. The molecule has 1 aliphatic carbocycles. The minimum absolute atomic E-state index is 0.0532. The van der Waals surface area contributed by atoms with E-state index in [1.807, 2.05) is 6.92 Å². The van der Waals surface area contributed by atoms with Gasteiger partial charge in [0.05, 0.1) is 23.9 Å². The zero-order valence-electron chi connectivity index (χ0n) is 26.5. The highest BCUT2D eigenvalue weighted by atomic mass is 19.4. The first-order valence-electron chi connectivity index (χ1n) is 16.7. The number of imidazole rings is 1. The standard InChI is InChI=1S/C31H39F5N10O2/c1-2-45-24(7-10-38-45)28(48)41-25(17-5-8-30(32,33)9-6-17)23-16-46-29(40-23)42-26(44-14-20-3-4-21(15-44)39-20)22(43-46)12-18-11-19(31(34,35)36)13-37-27(18)47/h7,10,16-21,25,39H,2-6,8-9,11-15H2,1H3,(H,37,47)(H,41,48)/t18-,19-,20?,21?,25+/m1/s1. The molecule has 2 bridgehead atoms. The third kappa shape index (κ3) is 6.57. The van der Waals surface area contributed by atoms with Crippen molar-refractivity contribution in [1.82, 2.24) is 45.3 Å². The summed E-state index contributed by atoms with van der Waals surface area (Å²) in [7, 11) is 0. The first-order chi connectivity index (χ1) is 22.9. The third-order valence-electron chi connectivity index (χ3n) is 10.3. The lowest BCUT2D eigenvalue weighted by Gasteiger charge is -2.35. The summed E-state index contributed by atoms with van der Waals surface area (Å²) in [5, 5.41) is 17.9. The second-order valence-electron chi connectivity index (χ2n) is 13.6. The fourth-order valence-electron chi connectivity index (χ4n) is 7.75. The molecular formula is C31H39F5N10O2. The Morgan fingerprint density at radius 2 is 1.85 bits per heavy atom. The van der Waals surface area contributed by atoms with Gasteiger partial charge in [-0.15, -0.1) is 0 Å². The van der Waals surface area contributed by atoms with Gasteiger partial charge in [-0.1, -0.05) is 0 Å². The lowest BCUT2D eigenvalue weighted by Crippen LogP contribution is -2.52. The lowest BCUT2D eigenvalue weighted by molar-refractivity contribution is -0.183. The van der Waals surface area contributed by atoms with Crippen molar-refractivity contribution in [2.75, 3.05) is 24.5 Å². The van der Waals surface area contributed by atoms with Crippen LogP contribution in [0.2, 0.25) is 0 Å². The molecule has 3 aliphatic heterocycles. The van der Waals surface area contributed by atoms with Crippen molar-refractivity contribution >= 4 is 23.4 Å². The molecule has 0 spiro atoms. The summed E-state index contributed by atoms with van der Waals surface area (Å²) in [4.78, 5) is 38.0. The monoisotopic (exact) mass is 678 g/mol. The number of nitrogens with zero attached hydrogens (tertiary/aromatic N) is 7. The van der Waals surface area contributed by atoms with Crippen LogP contribution in [0.4, 0.5) is 27.8 Å². The zero-order valence-corrected chi connectivity index (χ0v) is 26.5. The zero-order chi connectivity index (χ0) is 33.8. The molecule has 4 aliphatic rings. The van der Waals surface area contributed by atoms with Gasteiger partial charge in [0.15, 0.2) is 5.82 Å². The average Bonchev–Trinajstić information content (AvgIpc) is 3.78. The lowest BCUT2D eigenvalue weighted by atomic mass is 9.81. The van der Waals surface area contributed by atoms with Crippen molar-refractivity contribution in [1.29, 1.82) is 0 Å². The fourth-order valence-corrected chi connectivity index (χ4v) is 7.75. The normalized spacial score (nSPS) is 26.9. The minimum Gasteiger partial charge on any atom is -0.355 e. The van der Waals surface area contributed by atoms with Gasteiger partial charge in [0.2, 0.25) is 11.8 Å². The molecule has 0 radical (unpaired) electrons. The highest BCUT2D eigenvalue weighted by Crippen LogP contribution is 2.42. The molecule has 17 heteroatoms. The van der Waals surface area contributed by atoms with Gasteiger partial charge in [0.1, 0.15) is 11.4 Å². The maximum absolute atomic E-state index is 14.2. The van der Waals surface area contributed by atoms with E-state index in [1.54, 1.807) is 12.3 Å². The Bertz CT molecular complexity index is 1650. The van der Waals surface area contributed by atoms with E-state index >= 15 is 0 Å². The summed E-state index contributed by atoms with van der Waals surface area (Å²) in [5.74, 6) is -5.96. The number of fused-ring (bicyclic) bond motifs is 3. The maximum Gasteiger partial charge on any atom is 0.393 e. The van der Waals surface area contributed by atoms with Gasteiger partial charge in [-0.25, -0.2) is 18.3 Å². The predicted molar refractivity (Wildman–Crippen MR) is 162 cm³/mol. The molecule has 48 heavy (non-hydrogen) atoms. The maximum atomic E-state index is 14.2. The number of piperidine rings is 1. The summed E-state index contributed by atoms with van der Waals surface area (Å²) >= 11 is 0. The van der Waals surface area contributed by atoms with E-state index in [9.17, 15) is 31.5 Å². The largest absolute Gasteiger partial charge is 0.393 e. The van der Waals surface area contributed by atoms with Crippen LogP contribution in [0.15, 0.2) is 18.5 Å². The summed E-state index contributed by atoms with van der Waals surface area (Å²) < 4.78 is 72.3. The van der Waals surface area contributed by atoms with Gasteiger partial charge in [-0.2, -0.15) is 28.4 Å². The Morgan fingerprint density at radius 3 is 2.54 bits per heavy atom. The third-order valence-corrected chi connectivity index (χ3v) is 10.3. The number of hydrogen-bond acceptors (Lipinski definition) is 8. The molecule has 5 atom stereocenters. The summed E-state index contributed by atoms with van der Waals surface area (Å²) in [6.07, 6.45) is -0.0905. The van der Waals surface area contributed by atoms with Gasteiger partial charge < -0.3 is 20.9 Å². The van der Waals surface area contributed by atoms with Gasteiger partial charge in [0.25, 0.3) is 11.7 Å².